The Hall–Kier alpha value is -1.77. The number of aromatic nitrogens is 1. The van der Waals surface area contributed by atoms with E-state index in [1.807, 2.05) is 24.3 Å². The smallest absolute Gasteiger partial charge is 0.151 e. The van der Waals surface area contributed by atoms with Crippen LogP contribution in [0.3, 0.4) is 0 Å². The predicted molar refractivity (Wildman–Crippen MR) is 81.5 cm³/mol. The fourth-order valence-corrected chi connectivity index (χ4v) is 2.36. The molecular formula is C13H13ClN4S. The molecule has 2 rings (SSSR count). The molecule has 0 fully saturated rings. The van der Waals surface area contributed by atoms with Gasteiger partial charge in [0.05, 0.1) is 18.0 Å². The highest BCUT2D eigenvalue weighted by Gasteiger charge is 2.07. The molecule has 0 atom stereocenters. The predicted octanol–water partition coefficient (Wildman–Crippen LogP) is 2.85. The molecule has 0 saturated carbocycles. The van der Waals surface area contributed by atoms with Gasteiger partial charge in [0.2, 0.25) is 0 Å². The lowest BCUT2D eigenvalue weighted by molar-refractivity contribution is 1.24. The van der Waals surface area contributed by atoms with Crippen molar-refractivity contribution in [3.8, 4) is 6.07 Å². The van der Waals surface area contributed by atoms with Gasteiger partial charge in [0.15, 0.2) is 5.17 Å². The molecule has 0 saturated heterocycles. The summed E-state index contributed by atoms with van der Waals surface area (Å²) in [5.74, 6) is 0.643. The Morgan fingerprint density at radius 2 is 2.11 bits per heavy atom. The number of hydrogen-bond donors (Lipinski definition) is 2. The highest BCUT2D eigenvalue weighted by Crippen LogP contribution is 2.24. The second-order valence-corrected chi connectivity index (χ2v) is 4.79. The van der Waals surface area contributed by atoms with Crippen molar-refractivity contribution in [1.29, 1.82) is 10.7 Å². The highest BCUT2D eigenvalue weighted by atomic mass is 35.5. The molecule has 0 spiro atoms. The first-order valence-corrected chi connectivity index (χ1v) is 6.40. The molecule has 0 bridgehead atoms. The molecule has 1 aromatic heterocycles. The lowest BCUT2D eigenvalue weighted by Gasteiger charge is -2.08. The van der Waals surface area contributed by atoms with E-state index >= 15 is 0 Å². The Morgan fingerprint density at radius 3 is 2.79 bits per heavy atom. The first-order valence-electron chi connectivity index (χ1n) is 5.41. The molecule has 0 aliphatic rings. The fraction of sp³-hybridized carbons (Fsp3) is 0.154. The van der Waals surface area contributed by atoms with Crippen molar-refractivity contribution < 1.29 is 0 Å². The standard InChI is InChI=1S/C13H12N4S.ClH/c14-6-5-9-3-4-10(8-18-13(15)16)11-2-1-7-17-12(9)11;/h1-4,7H,5,8H2,(H3,15,16);1H. The van der Waals surface area contributed by atoms with Crippen molar-refractivity contribution in [2.45, 2.75) is 12.2 Å². The minimum atomic E-state index is 0. The number of nitriles is 1. The number of nitrogens with one attached hydrogen (secondary N) is 1. The number of nitrogens with zero attached hydrogens (tertiary/aromatic N) is 2. The number of benzene rings is 1. The van der Waals surface area contributed by atoms with Gasteiger partial charge in [-0.1, -0.05) is 30.0 Å². The van der Waals surface area contributed by atoms with E-state index in [1.54, 1.807) is 6.20 Å². The van der Waals surface area contributed by atoms with Crippen molar-refractivity contribution in [2.24, 2.45) is 5.73 Å². The maximum absolute atomic E-state index is 8.80. The van der Waals surface area contributed by atoms with Crippen molar-refractivity contribution in [3.63, 3.8) is 0 Å². The van der Waals surface area contributed by atoms with Gasteiger partial charge in [-0.3, -0.25) is 10.4 Å². The average Bonchev–Trinajstić information content (AvgIpc) is 2.38. The van der Waals surface area contributed by atoms with Crippen molar-refractivity contribution in [1.82, 2.24) is 4.98 Å². The van der Waals surface area contributed by atoms with Gasteiger partial charge < -0.3 is 5.73 Å². The van der Waals surface area contributed by atoms with Crippen LogP contribution < -0.4 is 5.73 Å². The molecule has 0 amide bonds. The quantitative estimate of drug-likeness (QED) is 0.673. The summed E-state index contributed by atoms with van der Waals surface area (Å²) < 4.78 is 0. The van der Waals surface area contributed by atoms with Crippen molar-refractivity contribution in [2.75, 3.05) is 0 Å². The topological polar surface area (TPSA) is 86.5 Å². The van der Waals surface area contributed by atoms with Crippen LogP contribution in [0.15, 0.2) is 30.5 Å². The van der Waals surface area contributed by atoms with Gasteiger partial charge in [0, 0.05) is 17.3 Å². The van der Waals surface area contributed by atoms with E-state index in [-0.39, 0.29) is 17.6 Å². The van der Waals surface area contributed by atoms with Gasteiger partial charge in [-0.25, -0.2) is 0 Å². The van der Waals surface area contributed by atoms with Gasteiger partial charge in [-0.15, -0.1) is 12.4 Å². The van der Waals surface area contributed by atoms with Gasteiger partial charge in [-0.05, 0) is 17.2 Å². The minimum absolute atomic E-state index is 0. The number of amidine groups is 1. The zero-order chi connectivity index (χ0) is 13.0. The maximum atomic E-state index is 8.80. The fourth-order valence-electron chi connectivity index (χ4n) is 1.80. The lowest BCUT2D eigenvalue weighted by Crippen LogP contribution is -2.04. The SMILES string of the molecule is Cl.N#CCc1ccc(CSC(=N)N)c2cccnc12. The summed E-state index contributed by atoms with van der Waals surface area (Å²) in [6.07, 6.45) is 2.08. The van der Waals surface area contributed by atoms with Crippen LogP contribution in [0, 0.1) is 16.7 Å². The molecule has 19 heavy (non-hydrogen) atoms. The molecule has 0 aliphatic heterocycles. The van der Waals surface area contributed by atoms with Crippen LogP contribution in [0.1, 0.15) is 11.1 Å². The van der Waals surface area contributed by atoms with Crippen LogP contribution in [0.2, 0.25) is 0 Å². The van der Waals surface area contributed by atoms with E-state index in [0.717, 1.165) is 22.0 Å². The molecule has 1 heterocycles. The molecule has 0 aliphatic carbocycles. The molecule has 2 aromatic rings. The van der Waals surface area contributed by atoms with E-state index in [1.165, 1.54) is 11.8 Å². The van der Waals surface area contributed by atoms with E-state index in [0.29, 0.717) is 12.2 Å². The largest absolute Gasteiger partial charge is 0.379 e. The summed E-state index contributed by atoms with van der Waals surface area (Å²) >= 11 is 1.29. The zero-order valence-electron chi connectivity index (χ0n) is 10.1. The Bertz CT molecular complexity index is 636. The number of rotatable bonds is 3. The van der Waals surface area contributed by atoms with Crippen LogP contribution in [0.25, 0.3) is 10.9 Å². The summed E-state index contributed by atoms with van der Waals surface area (Å²) in [5, 5.41) is 17.2. The molecule has 0 radical (unpaired) electrons. The molecule has 1 aromatic carbocycles. The number of fused-ring (bicyclic) bond motifs is 1. The first kappa shape index (κ1) is 15.3. The third-order valence-electron chi connectivity index (χ3n) is 2.60. The van der Waals surface area contributed by atoms with E-state index in [4.69, 9.17) is 16.4 Å². The Labute approximate surface area is 121 Å². The molecule has 3 N–H and O–H groups in total. The summed E-state index contributed by atoms with van der Waals surface area (Å²) in [4.78, 5) is 4.34. The average molecular weight is 293 g/mol. The second kappa shape index (κ2) is 6.98. The molecule has 6 heteroatoms. The van der Waals surface area contributed by atoms with Crippen molar-refractivity contribution in [3.05, 3.63) is 41.6 Å². The minimum Gasteiger partial charge on any atom is -0.379 e. The number of pyridine rings is 1. The normalized spacial score (nSPS) is 9.63. The summed E-state index contributed by atoms with van der Waals surface area (Å²) in [5.41, 5.74) is 8.23. The zero-order valence-corrected chi connectivity index (χ0v) is 11.7. The van der Waals surface area contributed by atoms with Gasteiger partial charge in [-0.2, -0.15) is 5.26 Å². The summed E-state index contributed by atoms with van der Waals surface area (Å²) in [6, 6.07) is 9.91. The van der Waals surface area contributed by atoms with E-state index < -0.39 is 0 Å². The van der Waals surface area contributed by atoms with Crippen LogP contribution in [0.4, 0.5) is 0 Å². The van der Waals surface area contributed by atoms with Crippen LogP contribution >= 0.6 is 24.2 Å². The van der Waals surface area contributed by atoms with Gasteiger partial charge in [0.25, 0.3) is 0 Å². The number of nitrogens with two attached hydrogens (primary N) is 1. The Morgan fingerprint density at radius 1 is 1.37 bits per heavy atom. The van der Waals surface area contributed by atoms with Crippen molar-refractivity contribution >= 4 is 40.2 Å². The van der Waals surface area contributed by atoms with E-state index in [2.05, 4.69) is 11.1 Å². The van der Waals surface area contributed by atoms with Crippen LogP contribution in [-0.2, 0) is 12.2 Å². The monoisotopic (exact) mass is 292 g/mol. The third kappa shape index (κ3) is 3.60. The molecule has 0 unspecified atom stereocenters. The Kier molecular flexibility index (Phi) is 5.61. The van der Waals surface area contributed by atoms with E-state index in [9.17, 15) is 0 Å². The lowest BCUT2D eigenvalue weighted by atomic mass is 10.0. The second-order valence-electron chi connectivity index (χ2n) is 3.77. The maximum Gasteiger partial charge on any atom is 0.151 e. The van der Waals surface area contributed by atoms with Crippen LogP contribution in [0.5, 0.6) is 0 Å². The molecule has 4 nitrogen and oxygen atoms in total. The third-order valence-corrected chi connectivity index (χ3v) is 3.36. The highest BCUT2D eigenvalue weighted by molar-refractivity contribution is 8.13. The number of thioether (sulfide) groups is 1. The first-order chi connectivity index (χ1) is 8.72. The molecular weight excluding hydrogens is 280 g/mol. The molecule has 98 valence electrons. The van der Waals surface area contributed by atoms with Gasteiger partial charge >= 0.3 is 0 Å². The summed E-state index contributed by atoms with van der Waals surface area (Å²) in [6.45, 7) is 0. The number of halogens is 1. The van der Waals surface area contributed by atoms with Crippen LogP contribution in [-0.4, -0.2) is 10.2 Å². The number of hydrogen-bond acceptors (Lipinski definition) is 4. The van der Waals surface area contributed by atoms with Gasteiger partial charge in [0.1, 0.15) is 0 Å². The summed E-state index contributed by atoms with van der Waals surface area (Å²) in [7, 11) is 0. The Balaban J connectivity index is 0.00000180.